The van der Waals surface area contributed by atoms with Gasteiger partial charge in [-0.25, -0.2) is 8.78 Å². The number of hydrogen-bond donors (Lipinski definition) is 2. The maximum atomic E-state index is 13.2. The van der Waals surface area contributed by atoms with Crippen molar-refractivity contribution in [3.8, 4) is 0 Å². The molecule has 1 aromatic carbocycles. The van der Waals surface area contributed by atoms with Gasteiger partial charge in [-0.1, -0.05) is 11.6 Å². The molecule has 0 atom stereocenters. The van der Waals surface area contributed by atoms with E-state index in [4.69, 9.17) is 17.3 Å². The van der Waals surface area contributed by atoms with Crippen molar-refractivity contribution in [2.45, 2.75) is 0 Å². The van der Waals surface area contributed by atoms with E-state index >= 15 is 0 Å². The van der Waals surface area contributed by atoms with Crippen LogP contribution in [0.4, 0.5) is 8.78 Å². The van der Waals surface area contributed by atoms with E-state index in [2.05, 4.69) is 0 Å². The summed E-state index contributed by atoms with van der Waals surface area (Å²) in [5.74, 6) is -3.63. The van der Waals surface area contributed by atoms with E-state index in [9.17, 15) is 18.4 Å². The van der Waals surface area contributed by atoms with Gasteiger partial charge in [-0.05, 0) is 12.1 Å². The number of carbonyl (C=O) groups is 2. The second-order valence-electron chi connectivity index (χ2n) is 2.90. The van der Waals surface area contributed by atoms with Gasteiger partial charge in [0, 0.05) is 0 Å². The second-order valence-corrected chi connectivity index (χ2v) is 3.30. The molecule has 16 heavy (non-hydrogen) atoms. The summed E-state index contributed by atoms with van der Waals surface area (Å²) >= 11 is 5.30. The van der Waals surface area contributed by atoms with E-state index in [0.29, 0.717) is 12.1 Å². The number of carbonyl (C=O) groups excluding carboxylic acids is 2. The molecule has 0 spiro atoms. The molecule has 0 radical (unpaired) electrons. The molecule has 1 aromatic rings. The van der Waals surface area contributed by atoms with Crippen LogP contribution in [0.25, 0.3) is 0 Å². The van der Waals surface area contributed by atoms with Crippen LogP contribution in [0.5, 0.6) is 0 Å². The van der Waals surface area contributed by atoms with Gasteiger partial charge in [0.25, 0.3) is 5.91 Å². The molecule has 1 rings (SSSR count). The van der Waals surface area contributed by atoms with E-state index in [-0.39, 0.29) is 0 Å². The SMILES string of the molecule is NC(=O)CNC(=O)c1cc(F)c(Cl)cc1F. The third kappa shape index (κ3) is 2.90. The second kappa shape index (κ2) is 4.89. The Labute approximate surface area is 94.4 Å². The number of nitrogens with one attached hydrogen (secondary N) is 1. The van der Waals surface area contributed by atoms with Crippen LogP contribution in [0.15, 0.2) is 12.1 Å². The van der Waals surface area contributed by atoms with Crippen molar-refractivity contribution in [1.82, 2.24) is 5.32 Å². The van der Waals surface area contributed by atoms with Crippen molar-refractivity contribution >= 4 is 23.4 Å². The van der Waals surface area contributed by atoms with Gasteiger partial charge < -0.3 is 11.1 Å². The van der Waals surface area contributed by atoms with E-state index in [1.807, 2.05) is 5.32 Å². The molecule has 0 aromatic heterocycles. The topological polar surface area (TPSA) is 72.2 Å². The Balaban J connectivity index is 2.91. The lowest BCUT2D eigenvalue weighted by atomic mass is 10.2. The predicted molar refractivity (Wildman–Crippen MR) is 52.9 cm³/mol. The lowest BCUT2D eigenvalue weighted by Crippen LogP contribution is -2.33. The molecule has 3 N–H and O–H groups in total. The van der Waals surface area contributed by atoms with Crippen molar-refractivity contribution in [1.29, 1.82) is 0 Å². The van der Waals surface area contributed by atoms with E-state index < -0.39 is 40.6 Å². The Bertz CT molecular complexity index is 451. The first-order valence-corrected chi connectivity index (χ1v) is 4.50. The van der Waals surface area contributed by atoms with Crippen molar-refractivity contribution in [2.24, 2.45) is 5.73 Å². The minimum atomic E-state index is -0.978. The molecular formula is C9H7ClF2N2O2. The fraction of sp³-hybridized carbons (Fsp3) is 0.111. The van der Waals surface area contributed by atoms with Crippen molar-refractivity contribution in [3.63, 3.8) is 0 Å². The van der Waals surface area contributed by atoms with Crippen LogP contribution < -0.4 is 11.1 Å². The summed E-state index contributed by atoms with van der Waals surface area (Å²) < 4.78 is 26.1. The fourth-order valence-corrected chi connectivity index (χ4v) is 1.11. The number of amides is 2. The number of benzene rings is 1. The molecule has 0 bridgehead atoms. The van der Waals surface area contributed by atoms with E-state index in [1.165, 1.54) is 0 Å². The van der Waals surface area contributed by atoms with Crippen molar-refractivity contribution in [2.75, 3.05) is 6.54 Å². The summed E-state index contributed by atoms with van der Waals surface area (Å²) in [5, 5.41) is 1.60. The molecular weight excluding hydrogens is 242 g/mol. The minimum absolute atomic E-state index is 0.427. The minimum Gasteiger partial charge on any atom is -0.368 e. The average molecular weight is 249 g/mol. The quantitative estimate of drug-likeness (QED) is 0.778. The highest BCUT2D eigenvalue weighted by Gasteiger charge is 2.15. The molecule has 0 saturated carbocycles. The fourth-order valence-electron chi connectivity index (χ4n) is 0.959. The molecule has 0 fully saturated rings. The van der Waals surface area contributed by atoms with Gasteiger partial charge in [0.2, 0.25) is 5.91 Å². The predicted octanol–water partition coefficient (Wildman–Crippen LogP) is 0.833. The number of hydrogen-bond acceptors (Lipinski definition) is 2. The highest BCUT2D eigenvalue weighted by Crippen LogP contribution is 2.19. The first-order valence-electron chi connectivity index (χ1n) is 4.13. The van der Waals surface area contributed by atoms with Crippen LogP contribution in [0, 0.1) is 11.6 Å². The van der Waals surface area contributed by atoms with Crippen molar-refractivity contribution in [3.05, 3.63) is 34.4 Å². The van der Waals surface area contributed by atoms with Gasteiger partial charge in [-0.2, -0.15) is 0 Å². The zero-order chi connectivity index (χ0) is 12.3. The van der Waals surface area contributed by atoms with Gasteiger partial charge in [0.05, 0.1) is 17.1 Å². The largest absolute Gasteiger partial charge is 0.368 e. The molecule has 0 aliphatic carbocycles. The molecule has 2 amide bonds. The van der Waals surface area contributed by atoms with Gasteiger partial charge in [-0.3, -0.25) is 9.59 Å². The third-order valence-corrected chi connectivity index (χ3v) is 1.97. The summed E-state index contributed by atoms with van der Waals surface area (Å²) in [6.07, 6.45) is 0. The summed E-state index contributed by atoms with van der Waals surface area (Å²) in [6.45, 7) is -0.456. The Hall–Kier alpha value is -1.69. The molecule has 0 aliphatic rings. The first-order chi connectivity index (χ1) is 7.41. The van der Waals surface area contributed by atoms with E-state index in [1.54, 1.807) is 0 Å². The van der Waals surface area contributed by atoms with Crippen LogP contribution in [-0.4, -0.2) is 18.4 Å². The van der Waals surface area contributed by atoms with E-state index in [0.717, 1.165) is 0 Å². The Morgan fingerprint density at radius 1 is 1.31 bits per heavy atom. The molecule has 7 heteroatoms. The maximum absolute atomic E-state index is 13.2. The van der Waals surface area contributed by atoms with Crippen LogP contribution in [-0.2, 0) is 4.79 Å². The molecule has 0 aliphatic heterocycles. The number of halogens is 3. The Morgan fingerprint density at radius 3 is 2.50 bits per heavy atom. The number of nitrogens with two attached hydrogens (primary N) is 1. The summed E-state index contributed by atoms with van der Waals surface area (Å²) in [4.78, 5) is 21.6. The molecule has 4 nitrogen and oxygen atoms in total. The van der Waals surface area contributed by atoms with Crippen LogP contribution >= 0.6 is 11.6 Å². The molecule has 0 heterocycles. The van der Waals surface area contributed by atoms with Crippen molar-refractivity contribution < 1.29 is 18.4 Å². The molecule has 0 unspecified atom stereocenters. The summed E-state index contributed by atoms with van der Waals surface area (Å²) in [6, 6.07) is 1.32. The molecule has 0 saturated heterocycles. The van der Waals surface area contributed by atoms with Gasteiger partial charge in [0.15, 0.2) is 0 Å². The number of primary amides is 1. The van der Waals surface area contributed by atoms with Gasteiger partial charge >= 0.3 is 0 Å². The average Bonchev–Trinajstić information content (AvgIpc) is 2.20. The molecule has 86 valence electrons. The van der Waals surface area contributed by atoms with Crippen LogP contribution in [0.2, 0.25) is 5.02 Å². The lowest BCUT2D eigenvalue weighted by molar-refractivity contribution is -0.117. The standard InChI is InChI=1S/C9H7ClF2N2O2/c10-5-2-6(11)4(1-7(5)12)9(16)14-3-8(13)15/h1-2H,3H2,(H2,13,15)(H,14,16). The maximum Gasteiger partial charge on any atom is 0.254 e. The first kappa shape index (κ1) is 12.4. The monoisotopic (exact) mass is 248 g/mol. The highest BCUT2D eigenvalue weighted by atomic mass is 35.5. The van der Waals surface area contributed by atoms with Crippen LogP contribution in [0.3, 0.4) is 0 Å². The third-order valence-electron chi connectivity index (χ3n) is 1.68. The smallest absolute Gasteiger partial charge is 0.254 e. The van der Waals surface area contributed by atoms with Crippen LogP contribution in [0.1, 0.15) is 10.4 Å². The zero-order valence-corrected chi connectivity index (χ0v) is 8.65. The normalized spacial score (nSPS) is 9.94. The summed E-state index contributed by atoms with van der Waals surface area (Å²) in [5.41, 5.74) is 4.23. The zero-order valence-electron chi connectivity index (χ0n) is 7.89. The van der Waals surface area contributed by atoms with Gasteiger partial charge in [0.1, 0.15) is 11.6 Å². The lowest BCUT2D eigenvalue weighted by Gasteiger charge is -2.05. The number of rotatable bonds is 3. The Kier molecular flexibility index (Phi) is 3.78. The highest BCUT2D eigenvalue weighted by molar-refractivity contribution is 6.30. The van der Waals surface area contributed by atoms with Gasteiger partial charge in [-0.15, -0.1) is 0 Å². The Morgan fingerprint density at radius 2 is 1.94 bits per heavy atom. The summed E-state index contributed by atoms with van der Waals surface area (Å²) in [7, 11) is 0.